The van der Waals surface area contributed by atoms with E-state index in [-0.39, 0.29) is 11.9 Å². The van der Waals surface area contributed by atoms with Crippen molar-refractivity contribution in [1.29, 1.82) is 0 Å². The molecule has 0 spiro atoms. The molecule has 0 aliphatic carbocycles. The molecule has 3 atom stereocenters. The third kappa shape index (κ3) is 2.72. The molecule has 4 rings (SSSR count). The maximum Gasteiger partial charge on any atom is 0.267 e. The van der Waals surface area contributed by atoms with E-state index in [0.29, 0.717) is 17.8 Å². The summed E-state index contributed by atoms with van der Waals surface area (Å²) in [6, 6.07) is 13.2. The van der Waals surface area contributed by atoms with Crippen molar-refractivity contribution >= 4 is 11.6 Å². The molecule has 2 aliphatic heterocycles. The minimum atomic E-state index is -0.0135. The summed E-state index contributed by atoms with van der Waals surface area (Å²) in [5.74, 6) is -0.0135. The molecular weight excluding hydrogens is 288 g/mol. The Labute approximate surface area is 135 Å². The summed E-state index contributed by atoms with van der Waals surface area (Å²) in [7, 11) is 1.90. The normalized spacial score (nSPS) is 25.5. The van der Waals surface area contributed by atoms with Gasteiger partial charge in [0, 0.05) is 36.6 Å². The molecule has 5 nitrogen and oxygen atoms in total. The maximum absolute atomic E-state index is 12.5. The molecule has 2 fully saturated rings. The van der Waals surface area contributed by atoms with Crippen LogP contribution in [-0.2, 0) is 0 Å². The van der Waals surface area contributed by atoms with E-state index >= 15 is 0 Å². The first-order chi connectivity index (χ1) is 11.2. The molecule has 2 aromatic rings. The molecule has 0 unspecified atom stereocenters. The van der Waals surface area contributed by atoms with E-state index in [1.54, 1.807) is 0 Å². The molecule has 1 aromatic heterocycles. The zero-order valence-corrected chi connectivity index (χ0v) is 13.2. The predicted molar refractivity (Wildman–Crippen MR) is 91.6 cm³/mol. The summed E-state index contributed by atoms with van der Waals surface area (Å²) in [6.07, 6.45) is 3.46. The summed E-state index contributed by atoms with van der Waals surface area (Å²) >= 11 is 0. The van der Waals surface area contributed by atoms with Gasteiger partial charge in [0.25, 0.3) is 5.91 Å². The van der Waals surface area contributed by atoms with Crippen LogP contribution in [0.25, 0.3) is 11.3 Å². The number of carbonyl (C=O) groups excluding carboxylic acids is 1. The van der Waals surface area contributed by atoms with Gasteiger partial charge in [-0.3, -0.25) is 4.79 Å². The van der Waals surface area contributed by atoms with Crippen LogP contribution in [0.1, 0.15) is 29.8 Å². The van der Waals surface area contributed by atoms with E-state index in [1.807, 2.05) is 37.4 Å². The third-order valence-corrected chi connectivity index (χ3v) is 5.01. The molecule has 2 aliphatic rings. The number of nitrogens with one attached hydrogen (secondary N) is 4. The molecule has 0 radical (unpaired) electrons. The van der Waals surface area contributed by atoms with E-state index in [2.05, 4.69) is 27.0 Å². The minimum absolute atomic E-state index is 0.0135. The number of benzene rings is 1. The van der Waals surface area contributed by atoms with Gasteiger partial charge in [0.2, 0.25) is 0 Å². The Kier molecular flexibility index (Phi) is 3.58. The van der Waals surface area contributed by atoms with Crippen molar-refractivity contribution in [2.75, 3.05) is 12.4 Å². The first-order valence-corrected chi connectivity index (χ1v) is 8.27. The van der Waals surface area contributed by atoms with Gasteiger partial charge in [-0.25, -0.2) is 0 Å². The Morgan fingerprint density at radius 1 is 1.22 bits per heavy atom. The van der Waals surface area contributed by atoms with E-state index in [0.717, 1.165) is 23.4 Å². The van der Waals surface area contributed by atoms with Gasteiger partial charge in [-0.2, -0.15) is 0 Å². The van der Waals surface area contributed by atoms with Gasteiger partial charge in [0.05, 0.1) is 0 Å². The second-order valence-corrected chi connectivity index (χ2v) is 6.48. The van der Waals surface area contributed by atoms with Crippen LogP contribution in [0.4, 0.5) is 5.69 Å². The highest BCUT2D eigenvalue weighted by Gasteiger charge is 2.39. The number of hydrogen-bond donors (Lipinski definition) is 4. The van der Waals surface area contributed by atoms with Gasteiger partial charge in [-0.1, -0.05) is 12.1 Å². The fraction of sp³-hybridized carbons (Fsp3) is 0.389. The van der Waals surface area contributed by atoms with Crippen molar-refractivity contribution in [1.82, 2.24) is 15.6 Å². The Balaban J connectivity index is 1.47. The highest BCUT2D eigenvalue weighted by atomic mass is 16.2. The van der Waals surface area contributed by atoms with Crippen molar-refractivity contribution < 1.29 is 4.79 Å². The number of anilines is 1. The van der Waals surface area contributed by atoms with Crippen LogP contribution in [0.5, 0.6) is 0 Å². The number of carbonyl (C=O) groups is 1. The van der Waals surface area contributed by atoms with Gasteiger partial charge >= 0.3 is 0 Å². The SMILES string of the molecule is CNc1cccc(-c2ccc(C(=O)N[C@@H]3C[C@H]4CC[C@@H]3N4)[nH]2)c1. The number of fused-ring (bicyclic) bond motifs is 2. The first-order valence-electron chi connectivity index (χ1n) is 8.27. The lowest BCUT2D eigenvalue weighted by Crippen LogP contribution is -2.43. The van der Waals surface area contributed by atoms with E-state index < -0.39 is 0 Å². The highest BCUT2D eigenvalue weighted by molar-refractivity contribution is 5.93. The molecular formula is C18H22N4O. The number of rotatable bonds is 4. The highest BCUT2D eigenvalue weighted by Crippen LogP contribution is 2.28. The van der Waals surface area contributed by atoms with E-state index in [9.17, 15) is 4.79 Å². The zero-order valence-electron chi connectivity index (χ0n) is 13.2. The summed E-state index contributed by atoms with van der Waals surface area (Å²) in [5.41, 5.74) is 3.70. The fourth-order valence-corrected chi connectivity index (χ4v) is 3.77. The largest absolute Gasteiger partial charge is 0.388 e. The molecule has 2 saturated heterocycles. The summed E-state index contributed by atoms with van der Waals surface area (Å²) < 4.78 is 0. The lowest BCUT2D eigenvalue weighted by Gasteiger charge is -2.21. The summed E-state index contributed by atoms with van der Waals surface area (Å²) in [5, 5.41) is 9.85. The lowest BCUT2D eigenvalue weighted by atomic mass is 9.95. The maximum atomic E-state index is 12.5. The van der Waals surface area contributed by atoms with Gasteiger partial charge < -0.3 is 20.9 Å². The molecule has 5 heteroatoms. The van der Waals surface area contributed by atoms with Crippen molar-refractivity contribution in [2.45, 2.75) is 37.4 Å². The molecule has 1 aromatic carbocycles. The average molecular weight is 310 g/mol. The van der Waals surface area contributed by atoms with Crippen LogP contribution in [0.15, 0.2) is 36.4 Å². The van der Waals surface area contributed by atoms with Crippen LogP contribution in [0.2, 0.25) is 0 Å². The quantitative estimate of drug-likeness (QED) is 0.701. The van der Waals surface area contributed by atoms with Crippen LogP contribution in [0.3, 0.4) is 0 Å². The van der Waals surface area contributed by atoms with Crippen LogP contribution in [0, 0.1) is 0 Å². The molecule has 0 saturated carbocycles. The van der Waals surface area contributed by atoms with Gasteiger partial charge in [-0.15, -0.1) is 0 Å². The molecule has 120 valence electrons. The number of H-pyrrole nitrogens is 1. The number of aromatic amines is 1. The number of amides is 1. The molecule has 2 bridgehead atoms. The van der Waals surface area contributed by atoms with Gasteiger partial charge in [0.15, 0.2) is 0 Å². The molecule has 3 heterocycles. The summed E-state index contributed by atoms with van der Waals surface area (Å²) in [6.45, 7) is 0. The fourth-order valence-electron chi connectivity index (χ4n) is 3.77. The smallest absolute Gasteiger partial charge is 0.267 e. The minimum Gasteiger partial charge on any atom is -0.388 e. The van der Waals surface area contributed by atoms with Crippen molar-refractivity contribution in [3.05, 3.63) is 42.1 Å². The number of hydrogen-bond acceptors (Lipinski definition) is 3. The van der Waals surface area contributed by atoms with Crippen LogP contribution >= 0.6 is 0 Å². The van der Waals surface area contributed by atoms with Crippen molar-refractivity contribution in [3.8, 4) is 11.3 Å². The third-order valence-electron chi connectivity index (χ3n) is 5.01. The second-order valence-electron chi connectivity index (χ2n) is 6.48. The standard InChI is InChI=1S/C18H22N4O/c1-19-12-4-2-3-11(9-12)14-7-8-16(21-14)18(23)22-17-10-13-5-6-15(17)20-13/h2-4,7-9,13,15,17,19-21H,5-6,10H2,1H3,(H,22,23)/t13-,15+,17-/m1/s1. The monoisotopic (exact) mass is 310 g/mol. The Morgan fingerprint density at radius 3 is 2.87 bits per heavy atom. The lowest BCUT2D eigenvalue weighted by molar-refractivity contribution is 0.0926. The van der Waals surface area contributed by atoms with Crippen molar-refractivity contribution in [2.24, 2.45) is 0 Å². The van der Waals surface area contributed by atoms with Crippen LogP contribution < -0.4 is 16.0 Å². The zero-order chi connectivity index (χ0) is 15.8. The topological polar surface area (TPSA) is 69.0 Å². The Bertz CT molecular complexity index is 723. The molecule has 1 amide bonds. The predicted octanol–water partition coefficient (Wildman–Crippen LogP) is 2.35. The van der Waals surface area contributed by atoms with E-state index in [1.165, 1.54) is 12.8 Å². The van der Waals surface area contributed by atoms with E-state index in [4.69, 9.17) is 0 Å². The van der Waals surface area contributed by atoms with Crippen LogP contribution in [-0.4, -0.2) is 36.1 Å². The Hall–Kier alpha value is -2.27. The molecule has 23 heavy (non-hydrogen) atoms. The van der Waals surface area contributed by atoms with Gasteiger partial charge in [-0.05, 0) is 49.1 Å². The summed E-state index contributed by atoms with van der Waals surface area (Å²) in [4.78, 5) is 15.7. The van der Waals surface area contributed by atoms with Crippen molar-refractivity contribution in [3.63, 3.8) is 0 Å². The second kappa shape index (κ2) is 5.74. The molecule has 4 N–H and O–H groups in total. The first kappa shape index (κ1) is 14.3. The van der Waals surface area contributed by atoms with Gasteiger partial charge in [0.1, 0.15) is 5.69 Å². The number of aromatic nitrogens is 1. The Morgan fingerprint density at radius 2 is 2.13 bits per heavy atom. The average Bonchev–Trinajstić information content (AvgIpc) is 3.31.